The predicted molar refractivity (Wildman–Crippen MR) is 153 cm³/mol. The number of piperidine rings is 1. The van der Waals surface area contributed by atoms with Gasteiger partial charge in [-0.1, -0.05) is 38.1 Å². The first-order chi connectivity index (χ1) is 20.5. The van der Waals surface area contributed by atoms with Crippen LogP contribution in [0.4, 0.5) is 18.9 Å². The van der Waals surface area contributed by atoms with Crippen molar-refractivity contribution in [2.75, 3.05) is 18.0 Å². The van der Waals surface area contributed by atoms with Gasteiger partial charge in [-0.05, 0) is 29.8 Å². The van der Waals surface area contributed by atoms with E-state index in [0.29, 0.717) is 39.6 Å². The number of carbonyl (C=O) groups is 1. The molecule has 2 N–H and O–H groups in total. The van der Waals surface area contributed by atoms with Gasteiger partial charge in [0.05, 0.1) is 17.4 Å². The van der Waals surface area contributed by atoms with Crippen molar-refractivity contribution in [2.24, 2.45) is 0 Å². The van der Waals surface area contributed by atoms with Crippen LogP contribution in [0.1, 0.15) is 55.7 Å². The number of benzene rings is 1. The van der Waals surface area contributed by atoms with Gasteiger partial charge in [-0.3, -0.25) is 9.78 Å². The Morgan fingerprint density at radius 3 is 2.56 bits per heavy atom. The number of H-pyrrole nitrogens is 1. The summed E-state index contributed by atoms with van der Waals surface area (Å²) in [7, 11) is 0. The molecule has 0 bridgehead atoms. The first-order valence-electron chi connectivity index (χ1n) is 13.8. The first-order valence-corrected chi connectivity index (χ1v) is 13.8. The number of hydrogen-bond donors (Lipinski definition) is 2. The molecule has 0 radical (unpaired) electrons. The van der Waals surface area contributed by atoms with Crippen molar-refractivity contribution in [1.82, 2.24) is 35.4 Å². The number of halogens is 3. The standard InChI is InChI=1S/C30H29F3N8O2/c1-29(2,3)28-39-27(43-40-28)26(42)36-15-18-5-4-17(14-21(18)31)20-8-11-34-25-23(20)37-24(38-25)22-7-6-19(16-35-22)41-12-9-30(32,33)10-13-41/h4-8,11,14,16H,9-10,12-13,15H2,1-3H3,(H,36,42)(H,34,37,38). The van der Waals surface area contributed by atoms with Crippen molar-refractivity contribution in [3.63, 3.8) is 0 Å². The van der Waals surface area contributed by atoms with Crippen LogP contribution in [-0.4, -0.2) is 55.0 Å². The van der Waals surface area contributed by atoms with Crippen LogP contribution < -0.4 is 10.2 Å². The zero-order chi connectivity index (χ0) is 30.4. The lowest BCUT2D eigenvalue weighted by Gasteiger charge is -2.33. The minimum absolute atomic E-state index is 0.0698. The van der Waals surface area contributed by atoms with Gasteiger partial charge in [0.1, 0.15) is 11.5 Å². The van der Waals surface area contributed by atoms with E-state index in [1.165, 1.54) is 6.07 Å². The van der Waals surface area contributed by atoms with Gasteiger partial charge in [-0.15, -0.1) is 0 Å². The summed E-state index contributed by atoms with van der Waals surface area (Å²) >= 11 is 0. The molecule has 4 aromatic heterocycles. The summed E-state index contributed by atoms with van der Waals surface area (Å²) in [5.41, 5.74) is 3.55. The molecule has 0 aliphatic carbocycles. The number of pyridine rings is 2. The predicted octanol–water partition coefficient (Wildman–Crippen LogP) is 5.67. The molecule has 0 atom stereocenters. The molecule has 1 aliphatic heterocycles. The molecule has 6 rings (SSSR count). The average Bonchev–Trinajstić information content (AvgIpc) is 3.65. The van der Waals surface area contributed by atoms with Gasteiger partial charge in [0.15, 0.2) is 17.3 Å². The lowest BCUT2D eigenvalue weighted by atomic mass is 9.96. The second-order valence-corrected chi connectivity index (χ2v) is 11.5. The number of amides is 1. The van der Waals surface area contributed by atoms with E-state index in [4.69, 9.17) is 4.52 Å². The molecule has 1 aliphatic rings. The topological polar surface area (TPSA) is 126 Å². The number of carbonyl (C=O) groups excluding carboxylic acids is 1. The van der Waals surface area contributed by atoms with Crippen molar-refractivity contribution in [1.29, 1.82) is 0 Å². The minimum atomic E-state index is -2.62. The number of alkyl halides is 2. The van der Waals surface area contributed by atoms with Gasteiger partial charge in [0.2, 0.25) is 0 Å². The Labute approximate surface area is 244 Å². The number of imidazole rings is 1. The monoisotopic (exact) mass is 590 g/mol. The van der Waals surface area contributed by atoms with E-state index in [1.807, 2.05) is 31.7 Å². The maximum absolute atomic E-state index is 15.2. The molecule has 13 heteroatoms. The Balaban J connectivity index is 1.17. The zero-order valence-corrected chi connectivity index (χ0v) is 23.8. The summed E-state index contributed by atoms with van der Waals surface area (Å²) in [6.45, 7) is 6.16. The Hall–Kier alpha value is -4.81. The second-order valence-electron chi connectivity index (χ2n) is 11.5. The Kier molecular flexibility index (Phi) is 7.10. The molecule has 1 aromatic carbocycles. The number of nitrogens with zero attached hydrogens (tertiary/aromatic N) is 6. The third-order valence-electron chi connectivity index (χ3n) is 7.34. The van der Waals surface area contributed by atoms with Crippen LogP contribution in [0.25, 0.3) is 33.8 Å². The molecule has 1 amide bonds. The van der Waals surface area contributed by atoms with Crippen molar-refractivity contribution in [3.05, 3.63) is 71.9 Å². The molecule has 1 fully saturated rings. The molecule has 43 heavy (non-hydrogen) atoms. The van der Waals surface area contributed by atoms with Crippen LogP contribution in [0.2, 0.25) is 0 Å². The quantitative estimate of drug-likeness (QED) is 0.259. The highest BCUT2D eigenvalue weighted by atomic mass is 19.3. The lowest BCUT2D eigenvalue weighted by molar-refractivity contribution is -0.0220. The van der Waals surface area contributed by atoms with E-state index < -0.39 is 17.6 Å². The van der Waals surface area contributed by atoms with E-state index in [2.05, 4.69) is 35.4 Å². The summed E-state index contributed by atoms with van der Waals surface area (Å²) in [4.78, 5) is 35.1. The highest BCUT2D eigenvalue weighted by molar-refractivity contribution is 5.91. The molecule has 1 saturated heterocycles. The van der Waals surface area contributed by atoms with Crippen LogP contribution in [-0.2, 0) is 12.0 Å². The first kappa shape index (κ1) is 28.3. The van der Waals surface area contributed by atoms with E-state index in [-0.39, 0.29) is 49.3 Å². The summed E-state index contributed by atoms with van der Waals surface area (Å²) in [5.74, 6) is -3.02. The van der Waals surface area contributed by atoms with Gasteiger partial charge in [0.25, 0.3) is 5.92 Å². The number of anilines is 1. The van der Waals surface area contributed by atoms with Crippen LogP contribution in [0.3, 0.4) is 0 Å². The highest BCUT2D eigenvalue weighted by Crippen LogP contribution is 2.32. The van der Waals surface area contributed by atoms with E-state index in [9.17, 15) is 13.6 Å². The van der Waals surface area contributed by atoms with Crippen LogP contribution >= 0.6 is 0 Å². The third-order valence-corrected chi connectivity index (χ3v) is 7.34. The molecule has 0 saturated carbocycles. The number of aromatic nitrogens is 6. The Morgan fingerprint density at radius 1 is 1.09 bits per heavy atom. The van der Waals surface area contributed by atoms with Crippen LogP contribution in [0.5, 0.6) is 0 Å². The normalized spacial score (nSPS) is 15.2. The summed E-state index contributed by atoms with van der Waals surface area (Å²) in [6, 6.07) is 10.1. The van der Waals surface area contributed by atoms with Gasteiger partial charge in [-0.2, -0.15) is 4.98 Å². The number of hydrogen-bond acceptors (Lipinski definition) is 8. The molecular formula is C30H29F3N8O2. The fourth-order valence-electron chi connectivity index (χ4n) is 4.81. The molecule has 5 heterocycles. The number of aromatic amines is 1. The van der Waals surface area contributed by atoms with E-state index >= 15 is 4.39 Å². The maximum atomic E-state index is 15.2. The molecule has 0 spiro atoms. The number of nitrogens with one attached hydrogen (secondary N) is 2. The second kappa shape index (κ2) is 10.8. The summed E-state index contributed by atoms with van der Waals surface area (Å²) < 4.78 is 47.3. The lowest BCUT2D eigenvalue weighted by Crippen LogP contribution is -2.39. The third kappa shape index (κ3) is 5.92. The van der Waals surface area contributed by atoms with E-state index in [0.717, 1.165) is 5.69 Å². The molecule has 0 unspecified atom stereocenters. The highest BCUT2D eigenvalue weighted by Gasteiger charge is 2.34. The van der Waals surface area contributed by atoms with E-state index in [1.54, 1.807) is 36.7 Å². The fourth-order valence-corrected chi connectivity index (χ4v) is 4.81. The van der Waals surface area contributed by atoms with Crippen molar-refractivity contribution in [3.8, 4) is 22.6 Å². The fraction of sp³-hybridized carbons (Fsp3) is 0.333. The maximum Gasteiger partial charge on any atom is 0.315 e. The molecule has 222 valence electrons. The smallest absolute Gasteiger partial charge is 0.315 e. The van der Waals surface area contributed by atoms with Crippen molar-refractivity contribution >= 4 is 22.8 Å². The number of fused-ring (bicyclic) bond motifs is 1. The van der Waals surface area contributed by atoms with Gasteiger partial charge >= 0.3 is 11.8 Å². The SMILES string of the molecule is CC(C)(C)c1noc(C(=O)NCc2ccc(-c3ccnc4nc(-c5ccc(N6CCC(F)(F)CC6)cn5)[nH]c34)cc2F)n1. The van der Waals surface area contributed by atoms with Gasteiger partial charge in [-0.25, -0.2) is 23.1 Å². The number of rotatable bonds is 6. The average molecular weight is 591 g/mol. The molecule has 10 nitrogen and oxygen atoms in total. The minimum Gasteiger partial charge on any atom is -0.370 e. The summed E-state index contributed by atoms with van der Waals surface area (Å²) in [5, 5.41) is 6.45. The Bertz CT molecular complexity index is 1780. The Morgan fingerprint density at radius 2 is 1.88 bits per heavy atom. The largest absolute Gasteiger partial charge is 0.370 e. The van der Waals surface area contributed by atoms with Gasteiger partial charge < -0.3 is 19.7 Å². The van der Waals surface area contributed by atoms with Crippen LogP contribution in [0.15, 0.2) is 53.3 Å². The summed E-state index contributed by atoms with van der Waals surface area (Å²) in [6.07, 6.45) is 2.88. The van der Waals surface area contributed by atoms with Gasteiger partial charge in [0, 0.05) is 55.2 Å². The molecular weight excluding hydrogens is 561 g/mol. The van der Waals surface area contributed by atoms with Crippen LogP contribution in [0, 0.1) is 5.82 Å². The molecule has 5 aromatic rings. The van der Waals surface area contributed by atoms with Crippen molar-refractivity contribution < 1.29 is 22.5 Å². The van der Waals surface area contributed by atoms with Crippen molar-refractivity contribution in [2.45, 2.75) is 51.5 Å². The zero-order valence-electron chi connectivity index (χ0n) is 23.8.